The number of carbonyl (C=O) groups is 2. The van der Waals surface area contributed by atoms with Crippen molar-refractivity contribution >= 4 is 44.8 Å². The Morgan fingerprint density at radius 2 is 1.93 bits per heavy atom. The molecule has 3 rings (SSSR count). The van der Waals surface area contributed by atoms with Crippen molar-refractivity contribution in [3.63, 3.8) is 0 Å². The highest BCUT2D eigenvalue weighted by atomic mass is 32.2. The second-order valence-electron chi connectivity index (χ2n) is 6.72. The van der Waals surface area contributed by atoms with Crippen LogP contribution in [0.4, 0.5) is 11.4 Å². The minimum absolute atomic E-state index is 0.0981. The third-order valence-corrected chi connectivity index (χ3v) is 7.47. The smallest absolute Gasteiger partial charge is 0.234 e. The van der Waals surface area contributed by atoms with Crippen LogP contribution >= 0.6 is 11.8 Å². The number of benzene rings is 2. The van der Waals surface area contributed by atoms with E-state index in [1.165, 1.54) is 23.9 Å². The number of amides is 2. The van der Waals surface area contributed by atoms with Gasteiger partial charge in [-0.1, -0.05) is 26.0 Å². The van der Waals surface area contributed by atoms with E-state index in [2.05, 4.69) is 10.6 Å². The van der Waals surface area contributed by atoms with Gasteiger partial charge >= 0.3 is 0 Å². The maximum atomic E-state index is 12.8. The topological polar surface area (TPSA) is 92.3 Å². The standard InChI is InChI=1S/C20H22N2O4S2/c1-3-14-4-6-15(7-5-14)21-20(24)13(2)12-28(25,26)16-8-9-18-17(10-16)22-19(23)11-27-18/h4-10,13H,3,11-12H2,1-2H3,(H,21,24)(H,22,23). The summed E-state index contributed by atoms with van der Waals surface area (Å²) in [6.07, 6.45) is 0.905. The van der Waals surface area contributed by atoms with E-state index in [1.54, 1.807) is 13.0 Å². The van der Waals surface area contributed by atoms with Gasteiger partial charge in [0.05, 0.1) is 22.1 Å². The lowest BCUT2D eigenvalue weighted by Gasteiger charge is -2.18. The highest BCUT2D eigenvalue weighted by molar-refractivity contribution is 8.00. The highest BCUT2D eigenvalue weighted by Gasteiger charge is 2.25. The third-order valence-electron chi connectivity index (χ3n) is 4.49. The van der Waals surface area contributed by atoms with Gasteiger partial charge in [0, 0.05) is 16.5 Å². The van der Waals surface area contributed by atoms with E-state index in [9.17, 15) is 18.0 Å². The predicted molar refractivity (Wildman–Crippen MR) is 111 cm³/mol. The summed E-state index contributed by atoms with van der Waals surface area (Å²) in [6, 6.07) is 12.1. The average Bonchev–Trinajstić information content (AvgIpc) is 2.67. The fraction of sp³-hybridized carbons (Fsp3) is 0.300. The molecule has 1 aliphatic heterocycles. The Morgan fingerprint density at radius 1 is 1.21 bits per heavy atom. The first-order chi connectivity index (χ1) is 13.3. The zero-order valence-electron chi connectivity index (χ0n) is 15.7. The van der Waals surface area contributed by atoms with Crippen LogP contribution in [0.25, 0.3) is 0 Å². The zero-order valence-corrected chi connectivity index (χ0v) is 17.3. The number of thioether (sulfide) groups is 1. The Labute approximate surface area is 169 Å². The lowest BCUT2D eigenvalue weighted by Crippen LogP contribution is -2.27. The molecule has 0 radical (unpaired) electrons. The van der Waals surface area contributed by atoms with Gasteiger partial charge in [0.25, 0.3) is 0 Å². The van der Waals surface area contributed by atoms with Gasteiger partial charge < -0.3 is 10.6 Å². The van der Waals surface area contributed by atoms with E-state index in [0.717, 1.165) is 16.9 Å². The summed E-state index contributed by atoms with van der Waals surface area (Å²) in [4.78, 5) is 24.9. The number of fused-ring (bicyclic) bond motifs is 1. The molecular formula is C20H22N2O4S2. The number of sulfone groups is 1. The molecule has 2 amide bonds. The number of aryl methyl sites for hydroxylation is 1. The van der Waals surface area contributed by atoms with Gasteiger partial charge in [0.2, 0.25) is 11.8 Å². The minimum atomic E-state index is -3.68. The largest absolute Gasteiger partial charge is 0.326 e. The van der Waals surface area contributed by atoms with Crippen LogP contribution in [0.5, 0.6) is 0 Å². The molecule has 2 aromatic carbocycles. The summed E-state index contributed by atoms with van der Waals surface area (Å²) >= 11 is 1.37. The molecule has 0 bridgehead atoms. The predicted octanol–water partition coefficient (Wildman–Crippen LogP) is 3.34. The second-order valence-corrected chi connectivity index (χ2v) is 9.77. The van der Waals surface area contributed by atoms with Crippen LogP contribution in [-0.4, -0.2) is 31.7 Å². The molecule has 1 heterocycles. The molecule has 0 aromatic heterocycles. The van der Waals surface area contributed by atoms with Crippen molar-refractivity contribution in [2.45, 2.75) is 30.1 Å². The van der Waals surface area contributed by atoms with Crippen molar-refractivity contribution in [2.75, 3.05) is 22.1 Å². The van der Waals surface area contributed by atoms with Crippen LogP contribution in [0.2, 0.25) is 0 Å². The van der Waals surface area contributed by atoms with Crippen molar-refractivity contribution < 1.29 is 18.0 Å². The summed E-state index contributed by atoms with van der Waals surface area (Å²) in [5.74, 6) is -1.24. The zero-order chi connectivity index (χ0) is 20.3. The SMILES string of the molecule is CCc1ccc(NC(=O)C(C)CS(=O)(=O)c2ccc3c(c2)NC(=O)CS3)cc1. The second kappa shape index (κ2) is 8.36. The average molecular weight is 419 g/mol. The third kappa shape index (κ3) is 4.74. The van der Waals surface area contributed by atoms with Gasteiger partial charge in [-0.15, -0.1) is 11.8 Å². The quantitative estimate of drug-likeness (QED) is 0.751. The van der Waals surface area contributed by atoms with Crippen molar-refractivity contribution in [3.05, 3.63) is 48.0 Å². The molecule has 0 aliphatic carbocycles. The Hall–Kier alpha value is -2.32. The van der Waals surface area contributed by atoms with E-state index >= 15 is 0 Å². The number of hydrogen-bond donors (Lipinski definition) is 2. The van der Waals surface area contributed by atoms with Crippen molar-refractivity contribution in [3.8, 4) is 0 Å². The molecule has 8 heteroatoms. The van der Waals surface area contributed by atoms with E-state index in [1.807, 2.05) is 31.2 Å². The van der Waals surface area contributed by atoms with Crippen LogP contribution in [0, 0.1) is 5.92 Å². The van der Waals surface area contributed by atoms with E-state index < -0.39 is 15.8 Å². The molecule has 1 atom stereocenters. The fourth-order valence-corrected chi connectivity index (χ4v) is 5.21. The normalized spacial score (nSPS) is 14.7. The van der Waals surface area contributed by atoms with Gasteiger partial charge in [-0.3, -0.25) is 9.59 Å². The Balaban J connectivity index is 1.69. The highest BCUT2D eigenvalue weighted by Crippen LogP contribution is 2.33. The molecule has 1 aliphatic rings. The summed E-state index contributed by atoms with van der Waals surface area (Å²) in [6.45, 7) is 3.63. The van der Waals surface area contributed by atoms with Crippen LogP contribution in [-0.2, 0) is 25.8 Å². The van der Waals surface area contributed by atoms with Gasteiger partial charge in [-0.2, -0.15) is 0 Å². The maximum Gasteiger partial charge on any atom is 0.234 e. The van der Waals surface area contributed by atoms with Gasteiger partial charge in [-0.05, 0) is 42.3 Å². The lowest BCUT2D eigenvalue weighted by molar-refractivity contribution is -0.118. The summed E-state index contributed by atoms with van der Waals surface area (Å²) in [7, 11) is -3.68. The molecule has 148 valence electrons. The molecule has 0 fully saturated rings. The number of rotatable bonds is 6. The minimum Gasteiger partial charge on any atom is -0.326 e. The summed E-state index contributed by atoms with van der Waals surface area (Å²) in [5.41, 5.74) is 2.29. The van der Waals surface area contributed by atoms with Crippen LogP contribution in [0.3, 0.4) is 0 Å². The number of carbonyl (C=O) groups excluding carboxylic acids is 2. The van der Waals surface area contributed by atoms with Crippen molar-refractivity contribution in [2.24, 2.45) is 5.92 Å². The van der Waals surface area contributed by atoms with Gasteiger partial charge in [0.15, 0.2) is 9.84 Å². The van der Waals surface area contributed by atoms with Crippen LogP contribution < -0.4 is 10.6 Å². The molecule has 0 saturated heterocycles. The van der Waals surface area contributed by atoms with Crippen molar-refractivity contribution in [1.82, 2.24) is 0 Å². The molecule has 6 nitrogen and oxygen atoms in total. The molecule has 1 unspecified atom stereocenters. The van der Waals surface area contributed by atoms with E-state index in [-0.39, 0.29) is 22.5 Å². The molecule has 28 heavy (non-hydrogen) atoms. The first-order valence-electron chi connectivity index (χ1n) is 8.98. The first-order valence-corrected chi connectivity index (χ1v) is 11.6. The molecule has 2 N–H and O–H groups in total. The molecular weight excluding hydrogens is 396 g/mol. The van der Waals surface area contributed by atoms with Crippen LogP contribution in [0.1, 0.15) is 19.4 Å². The Morgan fingerprint density at radius 3 is 2.61 bits per heavy atom. The van der Waals surface area contributed by atoms with Gasteiger partial charge in [-0.25, -0.2) is 8.42 Å². The Kier molecular flexibility index (Phi) is 6.10. The first kappa shape index (κ1) is 20.4. The number of hydrogen-bond acceptors (Lipinski definition) is 5. The maximum absolute atomic E-state index is 12.8. The molecule has 0 saturated carbocycles. The van der Waals surface area contributed by atoms with Crippen molar-refractivity contribution in [1.29, 1.82) is 0 Å². The summed E-state index contributed by atoms with van der Waals surface area (Å²) < 4.78 is 25.5. The number of nitrogens with one attached hydrogen (secondary N) is 2. The monoisotopic (exact) mass is 418 g/mol. The summed E-state index contributed by atoms with van der Waals surface area (Å²) in [5, 5.41) is 5.45. The van der Waals surface area contributed by atoms with E-state index in [4.69, 9.17) is 0 Å². The Bertz CT molecular complexity index is 1000. The lowest BCUT2D eigenvalue weighted by atomic mass is 10.1. The van der Waals surface area contributed by atoms with E-state index in [0.29, 0.717) is 17.1 Å². The van der Waals surface area contributed by atoms with Gasteiger partial charge in [0.1, 0.15) is 0 Å². The molecule has 0 spiro atoms. The van der Waals surface area contributed by atoms with Crippen LogP contribution in [0.15, 0.2) is 52.3 Å². The number of anilines is 2. The molecule has 2 aromatic rings. The fourth-order valence-electron chi connectivity index (χ4n) is 2.85.